The zero-order valence-electron chi connectivity index (χ0n) is 14.3. The third kappa shape index (κ3) is 4.50. The summed E-state index contributed by atoms with van der Waals surface area (Å²) >= 11 is 0. The highest BCUT2D eigenvalue weighted by molar-refractivity contribution is 5.85. The van der Waals surface area contributed by atoms with E-state index in [-0.39, 0.29) is 18.1 Å². The number of benzene rings is 2. The van der Waals surface area contributed by atoms with Crippen LogP contribution in [-0.4, -0.2) is 24.5 Å². The van der Waals surface area contributed by atoms with Crippen LogP contribution in [0.5, 0.6) is 11.5 Å². The molecule has 0 aliphatic carbocycles. The lowest BCUT2D eigenvalue weighted by molar-refractivity contribution is -0.132. The van der Waals surface area contributed by atoms with Gasteiger partial charge >= 0.3 is 0 Å². The lowest BCUT2D eigenvalue weighted by atomic mass is 10.1. The molecule has 136 valence electrons. The van der Waals surface area contributed by atoms with E-state index in [1.165, 1.54) is 31.2 Å². The van der Waals surface area contributed by atoms with Crippen molar-refractivity contribution in [3.8, 4) is 11.5 Å². The summed E-state index contributed by atoms with van der Waals surface area (Å²) in [7, 11) is 0. The largest absolute Gasteiger partial charge is 0.493 e. The van der Waals surface area contributed by atoms with Crippen LogP contribution in [0.1, 0.15) is 18.1 Å². The summed E-state index contributed by atoms with van der Waals surface area (Å²) in [6.45, 7) is 2.19. The summed E-state index contributed by atoms with van der Waals surface area (Å²) in [5.41, 5.74) is 6.62. The zero-order valence-corrected chi connectivity index (χ0v) is 14.3. The molecule has 1 heterocycles. The first-order chi connectivity index (χ1) is 12.5. The maximum Gasteiger partial charge on any atom is 0.279 e. The number of fused-ring (bicyclic) bond motifs is 1. The smallest absolute Gasteiger partial charge is 0.279 e. The number of halogens is 1. The number of hydrogen-bond donors (Lipinski definition) is 2. The van der Waals surface area contributed by atoms with Gasteiger partial charge in [-0.3, -0.25) is 20.4 Å². The Morgan fingerprint density at radius 2 is 1.96 bits per heavy atom. The number of rotatable bonds is 5. The van der Waals surface area contributed by atoms with Crippen molar-refractivity contribution < 1.29 is 23.5 Å². The van der Waals surface area contributed by atoms with E-state index in [1.807, 2.05) is 18.2 Å². The van der Waals surface area contributed by atoms with Crippen molar-refractivity contribution in [1.29, 1.82) is 0 Å². The summed E-state index contributed by atoms with van der Waals surface area (Å²) in [6.07, 6.45) is 0.124. The molecule has 26 heavy (non-hydrogen) atoms. The molecule has 0 fully saturated rings. The minimum absolute atomic E-state index is 0.140. The van der Waals surface area contributed by atoms with Crippen LogP contribution in [0.3, 0.4) is 0 Å². The number of amides is 2. The van der Waals surface area contributed by atoms with Gasteiger partial charge in [0.1, 0.15) is 17.3 Å². The first-order valence-corrected chi connectivity index (χ1v) is 8.27. The fourth-order valence-corrected chi connectivity index (χ4v) is 2.58. The summed E-state index contributed by atoms with van der Waals surface area (Å²) in [5.74, 6) is -0.0222. The topological polar surface area (TPSA) is 76.7 Å². The van der Waals surface area contributed by atoms with Crippen molar-refractivity contribution in [2.24, 2.45) is 0 Å². The van der Waals surface area contributed by atoms with Crippen LogP contribution in [0.25, 0.3) is 0 Å². The van der Waals surface area contributed by atoms with E-state index in [4.69, 9.17) is 9.47 Å². The Kier molecular flexibility index (Phi) is 5.36. The van der Waals surface area contributed by atoms with Crippen molar-refractivity contribution in [3.05, 3.63) is 59.4 Å². The van der Waals surface area contributed by atoms with Gasteiger partial charge in [0.2, 0.25) is 5.91 Å². The quantitative estimate of drug-likeness (QED) is 0.801. The van der Waals surface area contributed by atoms with E-state index in [0.717, 1.165) is 23.3 Å². The van der Waals surface area contributed by atoms with Gasteiger partial charge in [0, 0.05) is 6.42 Å². The average Bonchev–Trinajstić information content (AvgIpc) is 3.09. The first-order valence-electron chi connectivity index (χ1n) is 8.27. The molecule has 6 nitrogen and oxygen atoms in total. The number of hydrazine groups is 1. The van der Waals surface area contributed by atoms with E-state index >= 15 is 0 Å². The average molecular weight is 358 g/mol. The molecule has 0 spiro atoms. The third-order valence-electron chi connectivity index (χ3n) is 3.94. The molecule has 0 saturated carbocycles. The molecule has 2 aromatic rings. The monoisotopic (exact) mass is 358 g/mol. The van der Waals surface area contributed by atoms with Crippen LogP contribution >= 0.6 is 0 Å². The molecule has 0 bridgehead atoms. The predicted octanol–water partition coefficient (Wildman–Crippen LogP) is 1.92. The molecule has 0 saturated heterocycles. The number of carbonyl (C=O) groups is 2. The van der Waals surface area contributed by atoms with Crippen LogP contribution < -0.4 is 20.3 Å². The molecule has 2 N–H and O–H groups in total. The van der Waals surface area contributed by atoms with Crippen LogP contribution in [0.2, 0.25) is 0 Å². The van der Waals surface area contributed by atoms with E-state index in [0.29, 0.717) is 12.4 Å². The van der Waals surface area contributed by atoms with Gasteiger partial charge < -0.3 is 9.47 Å². The molecule has 2 aromatic carbocycles. The predicted molar refractivity (Wildman–Crippen MR) is 92.1 cm³/mol. The molecular formula is C19H19FN2O4. The molecule has 2 amide bonds. The van der Waals surface area contributed by atoms with E-state index in [1.54, 1.807) is 0 Å². The minimum Gasteiger partial charge on any atom is -0.493 e. The van der Waals surface area contributed by atoms with Crippen molar-refractivity contribution in [1.82, 2.24) is 10.9 Å². The van der Waals surface area contributed by atoms with Crippen molar-refractivity contribution in [2.45, 2.75) is 25.9 Å². The fourth-order valence-electron chi connectivity index (χ4n) is 2.58. The van der Waals surface area contributed by atoms with Gasteiger partial charge in [-0.25, -0.2) is 4.39 Å². The number of carbonyl (C=O) groups excluding carboxylic acids is 2. The fraction of sp³-hybridized carbons (Fsp3) is 0.263. The van der Waals surface area contributed by atoms with Gasteiger partial charge in [0.05, 0.1) is 13.0 Å². The molecule has 1 aliphatic heterocycles. The molecule has 3 rings (SSSR count). The third-order valence-corrected chi connectivity index (χ3v) is 3.94. The molecule has 7 heteroatoms. The van der Waals surface area contributed by atoms with Gasteiger partial charge in [-0.05, 0) is 48.4 Å². The second kappa shape index (κ2) is 7.86. The highest BCUT2D eigenvalue weighted by Crippen LogP contribution is 2.25. The van der Waals surface area contributed by atoms with Crippen LogP contribution in [0.4, 0.5) is 4.39 Å². The zero-order chi connectivity index (χ0) is 18.5. The Labute approximate surface area is 150 Å². The van der Waals surface area contributed by atoms with Gasteiger partial charge in [0.25, 0.3) is 5.91 Å². The maximum absolute atomic E-state index is 12.9. The van der Waals surface area contributed by atoms with Crippen molar-refractivity contribution in [3.63, 3.8) is 0 Å². The summed E-state index contributed by atoms with van der Waals surface area (Å²) in [6, 6.07) is 10.9. The summed E-state index contributed by atoms with van der Waals surface area (Å²) < 4.78 is 23.7. The Balaban J connectivity index is 1.46. The van der Waals surface area contributed by atoms with Crippen molar-refractivity contribution in [2.75, 3.05) is 6.61 Å². The van der Waals surface area contributed by atoms with Crippen LogP contribution in [0, 0.1) is 5.82 Å². The lowest BCUT2D eigenvalue weighted by Gasteiger charge is -2.15. The number of nitrogens with one attached hydrogen (secondary N) is 2. The Morgan fingerprint density at radius 3 is 2.73 bits per heavy atom. The van der Waals surface area contributed by atoms with E-state index in [2.05, 4.69) is 10.9 Å². The minimum atomic E-state index is -0.849. The molecular weight excluding hydrogens is 339 g/mol. The SMILES string of the molecule is CC(Oc1ccc(F)cc1)C(=O)NNC(=O)Cc1ccc2c(c1)CCO2. The number of hydrogen-bond acceptors (Lipinski definition) is 4. The Morgan fingerprint density at radius 1 is 1.19 bits per heavy atom. The first kappa shape index (κ1) is 17.7. The lowest BCUT2D eigenvalue weighted by Crippen LogP contribution is -2.47. The highest BCUT2D eigenvalue weighted by Gasteiger charge is 2.16. The molecule has 1 unspecified atom stereocenters. The van der Waals surface area contributed by atoms with Crippen LogP contribution in [0.15, 0.2) is 42.5 Å². The van der Waals surface area contributed by atoms with Crippen molar-refractivity contribution >= 4 is 11.8 Å². The van der Waals surface area contributed by atoms with Crippen LogP contribution in [-0.2, 0) is 22.4 Å². The van der Waals surface area contributed by atoms with E-state index < -0.39 is 12.0 Å². The standard InChI is InChI=1S/C19H19FN2O4/c1-12(26-16-5-3-15(20)4-6-16)19(24)22-21-18(23)11-13-2-7-17-14(10-13)8-9-25-17/h2-7,10,12H,8-9,11H2,1H3,(H,21,23)(H,22,24). The molecule has 1 atom stereocenters. The maximum atomic E-state index is 12.9. The Hall–Kier alpha value is -3.09. The molecule has 0 radical (unpaired) electrons. The molecule has 1 aliphatic rings. The van der Waals surface area contributed by atoms with Gasteiger partial charge in [-0.2, -0.15) is 0 Å². The second-order valence-electron chi connectivity index (χ2n) is 5.97. The summed E-state index contributed by atoms with van der Waals surface area (Å²) in [4.78, 5) is 24.0. The second-order valence-corrected chi connectivity index (χ2v) is 5.97. The van der Waals surface area contributed by atoms with Gasteiger partial charge in [-0.1, -0.05) is 12.1 Å². The number of ether oxygens (including phenoxy) is 2. The summed E-state index contributed by atoms with van der Waals surface area (Å²) in [5, 5.41) is 0. The van der Waals surface area contributed by atoms with Gasteiger partial charge in [-0.15, -0.1) is 0 Å². The normalized spacial score (nSPS) is 13.3. The van der Waals surface area contributed by atoms with E-state index in [9.17, 15) is 14.0 Å². The highest BCUT2D eigenvalue weighted by atomic mass is 19.1. The van der Waals surface area contributed by atoms with Gasteiger partial charge in [0.15, 0.2) is 6.10 Å². The Bertz CT molecular complexity index is 808. The molecule has 0 aromatic heterocycles.